The Labute approximate surface area is 123 Å². The Morgan fingerprint density at radius 2 is 1.85 bits per heavy atom. The van der Waals surface area contributed by atoms with Gasteiger partial charge < -0.3 is 21.1 Å². The molecule has 0 saturated heterocycles. The molecule has 0 aromatic rings. The van der Waals surface area contributed by atoms with E-state index in [1.165, 1.54) is 11.8 Å². The quantitative estimate of drug-likeness (QED) is 0.489. The minimum atomic E-state index is -1.08. The molecule has 0 aromatic carbocycles. The van der Waals surface area contributed by atoms with E-state index in [1.807, 2.05) is 20.1 Å². The van der Waals surface area contributed by atoms with Gasteiger partial charge in [-0.05, 0) is 24.3 Å². The minimum absolute atomic E-state index is 0.173. The van der Waals surface area contributed by atoms with E-state index in [2.05, 4.69) is 16.0 Å². The molecule has 8 heteroatoms. The maximum Gasteiger partial charge on any atom is 0.326 e. The smallest absolute Gasteiger partial charge is 0.326 e. The van der Waals surface area contributed by atoms with Gasteiger partial charge >= 0.3 is 12.0 Å². The maximum absolute atomic E-state index is 11.5. The topological polar surface area (TPSA) is 108 Å². The number of carboxylic acids is 1. The number of carboxylic acid groups (broad SMARTS) is 1. The Balaban J connectivity index is 4.01. The number of aliphatic carboxylic acids is 1. The van der Waals surface area contributed by atoms with Crippen LogP contribution in [0.15, 0.2) is 0 Å². The fourth-order valence-electron chi connectivity index (χ4n) is 1.24. The van der Waals surface area contributed by atoms with Crippen molar-refractivity contribution in [2.45, 2.75) is 26.3 Å². The largest absolute Gasteiger partial charge is 0.480 e. The summed E-state index contributed by atoms with van der Waals surface area (Å²) in [6, 6.07) is -1.60. The molecule has 116 valence electrons. The molecule has 3 amide bonds. The molecule has 4 N–H and O–H groups in total. The second-order valence-electron chi connectivity index (χ2n) is 4.70. The van der Waals surface area contributed by atoms with Crippen LogP contribution >= 0.6 is 11.8 Å². The molecule has 0 bridgehead atoms. The third kappa shape index (κ3) is 9.48. The Bertz CT molecular complexity index is 337. The van der Waals surface area contributed by atoms with Gasteiger partial charge in [-0.25, -0.2) is 9.59 Å². The van der Waals surface area contributed by atoms with E-state index in [-0.39, 0.29) is 12.5 Å². The summed E-state index contributed by atoms with van der Waals surface area (Å²) >= 11 is 1.50. The number of rotatable bonds is 9. The van der Waals surface area contributed by atoms with E-state index in [9.17, 15) is 14.4 Å². The van der Waals surface area contributed by atoms with Crippen LogP contribution in [0.25, 0.3) is 0 Å². The average molecular weight is 305 g/mol. The van der Waals surface area contributed by atoms with Gasteiger partial charge in [0.2, 0.25) is 5.91 Å². The molecule has 0 heterocycles. The second-order valence-corrected chi connectivity index (χ2v) is 5.68. The summed E-state index contributed by atoms with van der Waals surface area (Å²) in [5, 5.41) is 16.3. The van der Waals surface area contributed by atoms with Crippen molar-refractivity contribution < 1.29 is 19.5 Å². The Kier molecular flexibility index (Phi) is 9.61. The highest BCUT2D eigenvalue weighted by Crippen LogP contribution is 2.00. The molecule has 0 saturated carbocycles. The van der Waals surface area contributed by atoms with Crippen LogP contribution in [0.2, 0.25) is 0 Å². The summed E-state index contributed by atoms with van der Waals surface area (Å²) in [5.74, 6) is -0.425. The summed E-state index contributed by atoms with van der Waals surface area (Å²) in [4.78, 5) is 33.8. The first-order valence-corrected chi connectivity index (χ1v) is 7.79. The Hall–Kier alpha value is -1.44. The molecule has 0 aliphatic carbocycles. The zero-order valence-electron chi connectivity index (χ0n) is 12.1. The highest BCUT2D eigenvalue weighted by atomic mass is 32.2. The van der Waals surface area contributed by atoms with Crippen molar-refractivity contribution in [3.8, 4) is 0 Å². The normalized spacial score (nSPS) is 11.8. The monoisotopic (exact) mass is 305 g/mol. The van der Waals surface area contributed by atoms with Crippen molar-refractivity contribution in [3.63, 3.8) is 0 Å². The van der Waals surface area contributed by atoms with Gasteiger partial charge in [0.1, 0.15) is 6.04 Å². The van der Waals surface area contributed by atoms with Crippen LogP contribution < -0.4 is 16.0 Å². The highest BCUT2D eigenvalue weighted by molar-refractivity contribution is 7.98. The lowest BCUT2D eigenvalue weighted by atomic mass is 10.2. The number of carbonyl (C=O) groups excluding carboxylic acids is 2. The van der Waals surface area contributed by atoms with Gasteiger partial charge in [-0.2, -0.15) is 11.8 Å². The Morgan fingerprint density at radius 1 is 1.20 bits per heavy atom. The standard InChI is InChI=1S/C12H23N3O4S/c1-8(2)6-13-10(16)7-14-12(19)15-9(11(17)18)4-5-20-3/h8-9H,4-7H2,1-3H3,(H,13,16)(H,17,18)(H2,14,15,19)/t9-/m0/s1. The van der Waals surface area contributed by atoms with Gasteiger partial charge in [-0.15, -0.1) is 0 Å². The first kappa shape index (κ1) is 18.6. The van der Waals surface area contributed by atoms with Crippen LogP contribution in [0.1, 0.15) is 20.3 Å². The first-order valence-electron chi connectivity index (χ1n) is 6.39. The van der Waals surface area contributed by atoms with Gasteiger partial charge in [-0.3, -0.25) is 4.79 Å². The number of urea groups is 1. The predicted octanol–water partition coefficient (Wildman–Crippen LogP) is 0.264. The zero-order chi connectivity index (χ0) is 15.5. The van der Waals surface area contributed by atoms with E-state index >= 15 is 0 Å². The van der Waals surface area contributed by atoms with Crippen LogP contribution in [0.4, 0.5) is 4.79 Å². The highest BCUT2D eigenvalue weighted by Gasteiger charge is 2.19. The lowest BCUT2D eigenvalue weighted by Crippen LogP contribution is -2.48. The summed E-state index contributed by atoms with van der Waals surface area (Å²) in [6.07, 6.45) is 2.20. The lowest BCUT2D eigenvalue weighted by molar-refractivity contribution is -0.139. The van der Waals surface area contributed by atoms with Crippen molar-refractivity contribution in [1.82, 2.24) is 16.0 Å². The molecule has 0 unspecified atom stereocenters. The molecule has 0 aromatic heterocycles. The van der Waals surface area contributed by atoms with Crippen molar-refractivity contribution in [2.24, 2.45) is 5.92 Å². The van der Waals surface area contributed by atoms with Gasteiger partial charge in [-0.1, -0.05) is 13.8 Å². The van der Waals surface area contributed by atoms with E-state index in [0.717, 1.165) is 0 Å². The van der Waals surface area contributed by atoms with E-state index in [1.54, 1.807) is 0 Å². The van der Waals surface area contributed by atoms with Gasteiger partial charge in [0.25, 0.3) is 0 Å². The number of amides is 3. The van der Waals surface area contributed by atoms with Crippen LogP contribution in [-0.2, 0) is 9.59 Å². The van der Waals surface area contributed by atoms with Crippen LogP contribution in [-0.4, -0.2) is 54.2 Å². The van der Waals surface area contributed by atoms with E-state index in [4.69, 9.17) is 5.11 Å². The van der Waals surface area contributed by atoms with Crippen molar-refractivity contribution in [2.75, 3.05) is 25.1 Å². The molecule has 7 nitrogen and oxygen atoms in total. The summed E-state index contributed by atoms with van der Waals surface area (Å²) < 4.78 is 0. The lowest BCUT2D eigenvalue weighted by Gasteiger charge is -2.14. The molecule has 0 radical (unpaired) electrons. The average Bonchev–Trinajstić information content (AvgIpc) is 2.38. The molecule has 0 rings (SSSR count). The molecule has 0 fully saturated rings. The third-order valence-electron chi connectivity index (χ3n) is 2.33. The Morgan fingerprint density at radius 3 is 2.35 bits per heavy atom. The summed E-state index contributed by atoms with van der Waals surface area (Å²) in [7, 11) is 0. The van der Waals surface area contributed by atoms with Crippen LogP contribution in [0, 0.1) is 5.92 Å². The van der Waals surface area contributed by atoms with Crippen LogP contribution in [0.3, 0.4) is 0 Å². The number of hydrogen-bond acceptors (Lipinski definition) is 4. The number of hydrogen-bond donors (Lipinski definition) is 4. The van der Waals surface area contributed by atoms with Gasteiger partial charge in [0.15, 0.2) is 0 Å². The molecule has 1 atom stereocenters. The first-order chi connectivity index (χ1) is 9.36. The molecule has 20 heavy (non-hydrogen) atoms. The molecular formula is C12H23N3O4S. The van der Waals surface area contributed by atoms with E-state index in [0.29, 0.717) is 24.6 Å². The SMILES string of the molecule is CSCC[C@H](NC(=O)NCC(=O)NCC(C)C)C(=O)O. The molecule has 0 aliphatic rings. The van der Waals surface area contributed by atoms with E-state index < -0.39 is 18.0 Å². The molecule has 0 spiro atoms. The molecule has 0 aliphatic heterocycles. The summed E-state index contributed by atoms with van der Waals surface area (Å²) in [5.41, 5.74) is 0. The second kappa shape index (κ2) is 10.4. The van der Waals surface area contributed by atoms with Crippen LogP contribution in [0.5, 0.6) is 0 Å². The van der Waals surface area contributed by atoms with Crippen molar-refractivity contribution in [3.05, 3.63) is 0 Å². The van der Waals surface area contributed by atoms with Crippen molar-refractivity contribution >= 4 is 29.7 Å². The fraction of sp³-hybridized carbons (Fsp3) is 0.750. The zero-order valence-corrected chi connectivity index (χ0v) is 12.9. The summed E-state index contributed by atoms with van der Waals surface area (Å²) in [6.45, 7) is 4.29. The number of carbonyl (C=O) groups is 3. The number of nitrogens with one attached hydrogen (secondary N) is 3. The maximum atomic E-state index is 11.5. The minimum Gasteiger partial charge on any atom is -0.480 e. The fourth-order valence-corrected chi connectivity index (χ4v) is 1.71. The third-order valence-corrected chi connectivity index (χ3v) is 2.98. The van der Waals surface area contributed by atoms with Gasteiger partial charge in [0.05, 0.1) is 6.54 Å². The predicted molar refractivity (Wildman–Crippen MR) is 78.8 cm³/mol. The molecular weight excluding hydrogens is 282 g/mol. The van der Waals surface area contributed by atoms with Gasteiger partial charge in [0, 0.05) is 6.54 Å². The number of thioether (sulfide) groups is 1. The van der Waals surface area contributed by atoms with Crippen molar-refractivity contribution in [1.29, 1.82) is 0 Å².